The van der Waals surface area contributed by atoms with E-state index in [-0.39, 0.29) is 17.9 Å². The monoisotopic (exact) mass is 249 g/mol. The van der Waals surface area contributed by atoms with Gasteiger partial charge in [0.05, 0.1) is 6.04 Å². The standard InChI is InChI=1S/C12H15N3O3/c1-2-7(10-13-5-6-14-10)15-11(16)8-3-4-9(18-8)12(15)17/h5-9H,2-4H2,1H3,(H,13,14). The van der Waals surface area contributed by atoms with Crippen molar-refractivity contribution in [3.63, 3.8) is 0 Å². The molecule has 3 heterocycles. The van der Waals surface area contributed by atoms with Gasteiger partial charge in [0.15, 0.2) is 0 Å². The lowest BCUT2D eigenvalue weighted by Gasteiger charge is -2.34. The zero-order chi connectivity index (χ0) is 12.7. The molecule has 2 aliphatic rings. The number of nitrogens with zero attached hydrogens (tertiary/aromatic N) is 2. The fourth-order valence-electron chi connectivity index (χ4n) is 2.68. The average molecular weight is 249 g/mol. The van der Waals surface area contributed by atoms with Gasteiger partial charge in [-0.1, -0.05) is 6.92 Å². The van der Waals surface area contributed by atoms with Crippen molar-refractivity contribution in [2.45, 2.75) is 44.4 Å². The fraction of sp³-hybridized carbons (Fsp3) is 0.583. The minimum absolute atomic E-state index is 0.225. The van der Waals surface area contributed by atoms with Gasteiger partial charge in [-0.05, 0) is 19.3 Å². The van der Waals surface area contributed by atoms with Gasteiger partial charge in [0, 0.05) is 12.4 Å². The van der Waals surface area contributed by atoms with Crippen molar-refractivity contribution in [1.29, 1.82) is 0 Å². The second-order valence-electron chi connectivity index (χ2n) is 4.64. The van der Waals surface area contributed by atoms with Gasteiger partial charge in [0.25, 0.3) is 11.8 Å². The van der Waals surface area contributed by atoms with Gasteiger partial charge in [0.1, 0.15) is 18.0 Å². The zero-order valence-electron chi connectivity index (χ0n) is 10.1. The number of likely N-dealkylation sites (tertiary alicyclic amines) is 1. The Morgan fingerprint density at radius 1 is 1.44 bits per heavy atom. The maximum absolute atomic E-state index is 12.2. The number of ether oxygens (including phenoxy) is 1. The molecule has 2 fully saturated rings. The van der Waals surface area contributed by atoms with Gasteiger partial charge in [-0.3, -0.25) is 14.5 Å². The van der Waals surface area contributed by atoms with Crippen LogP contribution >= 0.6 is 0 Å². The Morgan fingerprint density at radius 2 is 2.11 bits per heavy atom. The van der Waals surface area contributed by atoms with Crippen LogP contribution in [0.4, 0.5) is 0 Å². The number of imide groups is 1. The normalized spacial score (nSPS) is 28.8. The second-order valence-corrected chi connectivity index (χ2v) is 4.64. The number of aromatic nitrogens is 2. The van der Waals surface area contributed by atoms with Crippen LogP contribution in [0.25, 0.3) is 0 Å². The molecular weight excluding hydrogens is 234 g/mol. The van der Waals surface area contributed by atoms with E-state index in [4.69, 9.17) is 4.74 Å². The highest BCUT2D eigenvalue weighted by Crippen LogP contribution is 2.34. The van der Waals surface area contributed by atoms with E-state index in [2.05, 4.69) is 9.97 Å². The van der Waals surface area contributed by atoms with E-state index < -0.39 is 12.2 Å². The number of aromatic amines is 1. The summed E-state index contributed by atoms with van der Waals surface area (Å²) in [6, 6.07) is -0.313. The summed E-state index contributed by atoms with van der Waals surface area (Å²) in [6.07, 6.45) is 4.35. The highest BCUT2D eigenvalue weighted by Gasteiger charge is 2.49. The van der Waals surface area contributed by atoms with Crippen molar-refractivity contribution in [3.05, 3.63) is 18.2 Å². The van der Waals surface area contributed by atoms with Gasteiger partial charge < -0.3 is 9.72 Å². The molecule has 3 atom stereocenters. The van der Waals surface area contributed by atoms with Gasteiger partial charge in [0.2, 0.25) is 0 Å². The molecule has 2 bridgehead atoms. The number of fused-ring (bicyclic) bond motifs is 2. The van der Waals surface area contributed by atoms with Crippen LogP contribution in [0.15, 0.2) is 12.4 Å². The van der Waals surface area contributed by atoms with E-state index >= 15 is 0 Å². The number of hydrogen-bond donors (Lipinski definition) is 1. The van der Waals surface area contributed by atoms with Crippen LogP contribution in [-0.2, 0) is 14.3 Å². The number of carbonyl (C=O) groups excluding carboxylic acids is 2. The average Bonchev–Trinajstić information content (AvgIpc) is 3.02. The number of carbonyl (C=O) groups is 2. The predicted octanol–water partition coefficient (Wildman–Crippen LogP) is 0.777. The maximum Gasteiger partial charge on any atom is 0.259 e. The number of H-pyrrole nitrogens is 1. The molecule has 3 unspecified atom stereocenters. The van der Waals surface area contributed by atoms with Gasteiger partial charge in [-0.25, -0.2) is 4.98 Å². The highest BCUT2D eigenvalue weighted by atomic mass is 16.5. The smallest absolute Gasteiger partial charge is 0.259 e. The first-order valence-corrected chi connectivity index (χ1v) is 6.24. The summed E-state index contributed by atoms with van der Waals surface area (Å²) in [6.45, 7) is 1.94. The lowest BCUT2D eigenvalue weighted by atomic mass is 10.1. The lowest BCUT2D eigenvalue weighted by molar-refractivity contribution is -0.172. The molecule has 0 radical (unpaired) electrons. The number of imidazole rings is 1. The third kappa shape index (κ3) is 1.56. The summed E-state index contributed by atoms with van der Waals surface area (Å²) in [5.41, 5.74) is 0. The van der Waals surface area contributed by atoms with Crippen molar-refractivity contribution >= 4 is 11.8 Å². The van der Waals surface area contributed by atoms with Crippen molar-refractivity contribution in [1.82, 2.24) is 14.9 Å². The summed E-state index contributed by atoms with van der Waals surface area (Å²) in [5.74, 6) is 0.203. The highest BCUT2D eigenvalue weighted by molar-refractivity contribution is 6.02. The first-order chi connectivity index (χ1) is 8.72. The first kappa shape index (κ1) is 11.4. The Balaban J connectivity index is 1.94. The Bertz CT molecular complexity index is 449. The third-order valence-corrected chi connectivity index (χ3v) is 3.58. The summed E-state index contributed by atoms with van der Waals surface area (Å²) in [4.78, 5) is 32.9. The van der Waals surface area contributed by atoms with Gasteiger partial charge in [-0.15, -0.1) is 0 Å². The minimum Gasteiger partial charge on any atom is -0.355 e. The van der Waals surface area contributed by atoms with Crippen LogP contribution in [0.3, 0.4) is 0 Å². The molecule has 1 aromatic heterocycles. The van der Waals surface area contributed by atoms with Gasteiger partial charge >= 0.3 is 0 Å². The molecule has 2 aliphatic heterocycles. The molecule has 1 N–H and O–H groups in total. The third-order valence-electron chi connectivity index (χ3n) is 3.58. The topological polar surface area (TPSA) is 75.3 Å². The number of morpholine rings is 1. The van der Waals surface area contributed by atoms with E-state index in [0.717, 1.165) is 0 Å². The molecule has 0 aliphatic carbocycles. The van der Waals surface area contributed by atoms with Gasteiger partial charge in [-0.2, -0.15) is 0 Å². The molecule has 0 saturated carbocycles. The number of rotatable bonds is 3. The first-order valence-electron chi connectivity index (χ1n) is 6.24. The summed E-state index contributed by atoms with van der Waals surface area (Å²) < 4.78 is 5.39. The van der Waals surface area contributed by atoms with Crippen LogP contribution in [0.5, 0.6) is 0 Å². The van der Waals surface area contributed by atoms with E-state index in [9.17, 15) is 9.59 Å². The molecule has 6 heteroatoms. The molecule has 0 aromatic carbocycles. The maximum atomic E-state index is 12.2. The lowest BCUT2D eigenvalue weighted by Crippen LogP contribution is -2.53. The summed E-state index contributed by atoms with van der Waals surface area (Å²) >= 11 is 0. The van der Waals surface area contributed by atoms with E-state index in [1.165, 1.54) is 4.90 Å². The molecule has 96 valence electrons. The molecule has 2 amide bonds. The molecular formula is C12H15N3O3. The Labute approximate surface area is 104 Å². The SMILES string of the molecule is CCC(c1ncc[nH]1)N1C(=O)C2CCC(O2)C1=O. The van der Waals surface area contributed by atoms with Crippen molar-refractivity contribution in [3.8, 4) is 0 Å². The van der Waals surface area contributed by atoms with Crippen LogP contribution in [0, 0.1) is 0 Å². The van der Waals surface area contributed by atoms with Crippen LogP contribution in [0.2, 0.25) is 0 Å². The Hall–Kier alpha value is -1.69. The van der Waals surface area contributed by atoms with Crippen molar-refractivity contribution < 1.29 is 14.3 Å². The largest absolute Gasteiger partial charge is 0.355 e. The van der Waals surface area contributed by atoms with E-state index in [1.807, 2.05) is 6.92 Å². The molecule has 3 rings (SSSR count). The predicted molar refractivity (Wildman–Crippen MR) is 61.4 cm³/mol. The molecule has 6 nitrogen and oxygen atoms in total. The van der Waals surface area contributed by atoms with Crippen molar-refractivity contribution in [2.24, 2.45) is 0 Å². The Morgan fingerprint density at radius 3 is 2.61 bits per heavy atom. The minimum atomic E-state index is -0.447. The van der Waals surface area contributed by atoms with Crippen LogP contribution < -0.4 is 0 Å². The Kier molecular flexibility index (Phi) is 2.66. The van der Waals surface area contributed by atoms with Crippen LogP contribution in [0.1, 0.15) is 38.1 Å². The molecule has 0 spiro atoms. The van der Waals surface area contributed by atoms with E-state index in [0.29, 0.717) is 25.1 Å². The fourth-order valence-corrected chi connectivity index (χ4v) is 2.68. The number of nitrogens with one attached hydrogen (secondary N) is 1. The van der Waals surface area contributed by atoms with Crippen LogP contribution in [-0.4, -0.2) is 38.9 Å². The summed E-state index contributed by atoms with van der Waals surface area (Å²) in [5, 5.41) is 0. The second kappa shape index (κ2) is 4.20. The summed E-state index contributed by atoms with van der Waals surface area (Å²) in [7, 11) is 0. The molecule has 2 saturated heterocycles. The van der Waals surface area contributed by atoms with Crippen molar-refractivity contribution in [2.75, 3.05) is 0 Å². The van der Waals surface area contributed by atoms with E-state index in [1.54, 1.807) is 12.4 Å². The molecule has 1 aromatic rings. The zero-order valence-corrected chi connectivity index (χ0v) is 10.1. The number of amides is 2. The number of hydrogen-bond acceptors (Lipinski definition) is 4. The molecule has 18 heavy (non-hydrogen) atoms. The quantitative estimate of drug-likeness (QED) is 0.803.